The van der Waals surface area contributed by atoms with E-state index in [9.17, 15) is 0 Å². The van der Waals surface area contributed by atoms with Crippen LogP contribution in [-0.2, 0) is 6.42 Å². The fourth-order valence-electron chi connectivity index (χ4n) is 3.33. The van der Waals surface area contributed by atoms with Gasteiger partial charge in [-0.2, -0.15) is 0 Å². The summed E-state index contributed by atoms with van der Waals surface area (Å²) in [5, 5.41) is 1.35. The van der Waals surface area contributed by atoms with Gasteiger partial charge >= 0.3 is 0 Å². The van der Waals surface area contributed by atoms with Gasteiger partial charge in [-0.25, -0.2) is 0 Å². The van der Waals surface area contributed by atoms with Crippen LogP contribution < -0.4 is 4.74 Å². The number of aryl methyl sites for hydroxylation is 2. The normalized spacial score (nSPS) is 12.9. The van der Waals surface area contributed by atoms with Crippen molar-refractivity contribution >= 4 is 10.9 Å². The van der Waals surface area contributed by atoms with Crippen molar-refractivity contribution in [1.82, 2.24) is 4.98 Å². The van der Waals surface area contributed by atoms with Crippen molar-refractivity contribution in [2.75, 3.05) is 7.11 Å². The number of hydrogen-bond acceptors (Lipinski definition) is 1. The number of methoxy groups -OCH3 is 1. The van der Waals surface area contributed by atoms with E-state index in [0.29, 0.717) is 5.92 Å². The van der Waals surface area contributed by atoms with E-state index in [-0.39, 0.29) is 0 Å². The molecule has 28 heavy (non-hydrogen) atoms. The Labute approximate surface area is 171 Å². The molecule has 3 aromatic rings. The van der Waals surface area contributed by atoms with Crippen molar-refractivity contribution in [3.8, 4) is 5.75 Å². The van der Waals surface area contributed by atoms with Crippen molar-refractivity contribution < 1.29 is 4.74 Å². The maximum absolute atomic E-state index is 5.06. The summed E-state index contributed by atoms with van der Waals surface area (Å²) in [7, 11) is 1.69. The molecule has 0 aliphatic carbocycles. The lowest BCUT2D eigenvalue weighted by molar-refractivity contribution is 0.414. The topological polar surface area (TPSA) is 25.0 Å². The summed E-state index contributed by atoms with van der Waals surface area (Å²) >= 11 is 0. The molecule has 2 nitrogen and oxygen atoms in total. The van der Waals surface area contributed by atoms with Crippen LogP contribution in [0, 0.1) is 12.8 Å². The maximum atomic E-state index is 5.06. The molecule has 1 N–H and O–H groups in total. The Morgan fingerprint density at radius 1 is 0.964 bits per heavy atom. The lowest BCUT2D eigenvalue weighted by atomic mass is 9.94. The number of aromatic amines is 1. The van der Waals surface area contributed by atoms with Crippen molar-refractivity contribution in [3.63, 3.8) is 0 Å². The Kier molecular flexibility index (Phi) is 8.63. The summed E-state index contributed by atoms with van der Waals surface area (Å²) in [6.45, 7) is 11.2. The fraction of sp³-hybridized carbons (Fsp3) is 0.462. The number of benzene rings is 2. The number of H-pyrrole nitrogens is 1. The average Bonchev–Trinajstić information content (AvgIpc) is 3.15. The molecule has 0 amide bonds. The van der Waals surface area contributed by atoms with Crippen molar-refractivity contribution in [2.24, 2.45) is 5.92 Å². The molecule has 2 unspecified atom stereocenters. The Morgan fingerprint density at radius 2 is 1.75 bits per heavy atom. The molecule has 0 aliphatic heterocycles. The molecule has 1 heterocycles. The molecule has 0 radical (unpaired) electrons. The maximum Gasteiger partial charge on any atom is 0.119 e. The number of hydrogen-bond donors (Lipinski definition) is 1. The minimum atomic E-state index is 0.631. The largest absolute Gasteiger partial charge is 0.497 e. The van der Waals surface area contributed by atoms with Gasteiger partial charge in [-0.05, 0) is 72.9 Å². The Hall–Kier alpha value is -2.22. The zero-order valence-corrected chi connectivity index (χ0v) is 18.5. The van der Waals surface area contributed by atoms with E-state index >= 15 is 0 Å². The van der Waals surface area contributed by atoms with Gasteiger partial charge in [0.05, 0.1) is 7.11 Å². The van der Waals surface area contributed by atoms with Crippen LogP contribution in [0.4, 0.5) is 0 Å². The van der Waals surface area contributed by atoms with E-state index in [0.717, 1.165) is 18.1 Å². The summed E-state index contributed by atoms with van der Waals surface area (Å²) < 4.78 is 5.06. The third-order valence-corrected chi connectivity index (χ3v) is 5.66. The summed E-state index contributed by atoms with van der Waals surface area (Å²) in [6, 6.07) is 17.1. The molecular weight excluding hydrogens is 342 g/mol. The quantitative estimate of drug-likeness (QED) is 0.448. The average molecular weight is 380 g/mol. The molecule has 1 aromatic heterocycles. The van der Waals surface area contributed by atoms with Gasteiger partial charge in [-0.15, -0.1) is 0 Å². The number of ether oxygens (including phenoxy) is 1. The second-order valence-corrected chi connectivity index (χ2v) is 8.01. The number of fused-ring (bicyclic) bond motifs is 1. The molecule has 2 atom stereocenters. The van der Waals surface area contributed by atoms with E-state index in [4.69, 9.17) is 4.74 Å². The van der Waals surface area contributed by atoms with E-state index in [1.54, 1.807) is 7.11 Å². The Balaban J connectivity index is 0.000000237. The van der Waals surface area contributed by atoms with E-state index in [1.807, 2.05) is 12.1 Å². The Bertz CT molecular complexity index is 829. The second kappa shape index (κ2) is 10.9. The first-order valence-corrected chi connectivity index (χ1v) is 10.7. The predicted molar refractivity (Wildman–Crippen MR) is 123 cm³/mol. The van der Waals surface area contributed by atoms with Crippen LogP contribution >= 0.6 is 0 Å². The van der Waals surface area contributed by atoms with Gasteiger partial charge in [0, 0.05) is 11.2 Å². The zero-order chi connectivity index (χ0) is 20.5. The highest BCUT2D eigenvalue weighted by Gasteiger charge is 2.10. The highest BCUT2D eigenvalue weighted by atomic mass is 16.5. The van der Waals surface area contributed by atoms with Gasteiger partial charge in [-0.3, -0.25) is 0 Å². The minimum absolute atomic E-state index is 0.631. The van der Waals surface area contributed by atoms with Crippen molar-refractivity contribution in [1.29, 1.82) is 0 Å². The molecule has 0 saturated carbocycles. The van der Waals surface area contributed by atoms with Crippen molar-refractivity contribution in [3.05, 3.63) is 65.4 Å². The van der Waals surface area contributed by atoms with Crippen molar-refractivity contribution in [2.45, 2.75) is 66.2 Å². The van der Waals surface area contributed by atoms with Crippen LogP contribution in [0.2, 0.25) is 0 Å². The van der Waals surface area contributed by atoms with Gasteiger partial charge in [-0.1, -0.05) is 64.3 Å². The summed E-state index contributed by atoms with van der Waals surface area (Å²) in [5.74, 6) is 2.42. The zero-order valence-electron chi connectivity index (χ0n) is 18.5. The van der Waals surface area contributed by atoms with E-state index in [1.165, 1.54) is 47.0 Å². The molecule has 152 valence electrons. The van der Waals surface area contributed by atoms with E-state index < -0.39 is 0 Å². The van der Waals surface area contributed by atoms with Crippen LogP contribution in [0.5, 0.6) is 5.75 Å². The molecule has 3 rings (SSSR count). The number of rotatable bonds is 7. The van der Waals surface area contributed by atoms with Gasteiger partial charge in [0.1, 0.15) is 5.75 Å². The summed E-state index contributed by atoms with van der Waals surface area (Å²) in [5.41, 5.74) is 5.31. The lowest BCUT2D eigenvalue weighted by Gasteiger charge is -2.12. The molecule has 0 fully saturated rings. The molecule has 2 aromatic carbocycles. The smallest absolute Gasteiger partial charge is 0.119 e. The SMILES string of the molecule is CCC(C)CCC(C)c1cc2cc(C)ccc2[nH]1.CCc1cccc(OC)c1. The van der Waals surface area contributed by atoms with Crippen LogP contribution in [0.1, 0.15) is 69.7 Å². The first-order chi connectivity index (χ1) is 13.5. The lowest BCUT2D eigenvalue weighted by Crippen LogP contribution is -1.98. The summed E-state index contributed by atoms with van der Waals surface area (Å²) in [4.78, 5) is 3.56. The highest BCUT2D eigenvalue weighted by molar-refractivity contribution is 5.81. The first-order valence-electron chi connectivity index (χ1n) is 10.7. The first kappa shape index (κ1) is 22.1. The highest BCUT2D eigenvalue weighted by Crippen LogP contribution is 2.27. The second-order valence-electron chi connectivity index (χ2n) is 8.01. The fourth-order valence-corrected chi connectivity index (χ4v) is 3.33. The monoisotopic (exact) mass is 379 g/mol. The van der Waals surface area contributed by atoms with Crippen LogP contribution in [0.15, 0.2) is 48.5 Å². The molecule has 0 aliphatic rings. The molecule has 0 spiro atoms. The Morgan fingerprint density at radius 3 is 2.43 bits per heavy atom. The van der Waals surface area contributed by atoms with Gasteiger partial charge in [0.2, 0.25) is 0 Å². The standard InChI is InChI=1S/C17H25N.C9H12O/c1-5-12(2)6-8-14(4)17-11-15-10-13(3)7-9-16(15)18-17;1-3-8-5-4-6-9(7-8)10-2/h7,9-12,14,18H,5-6,8H2,1-4H3;4-7H,3H2,1-2H3. The van der Waals surface area contributed by atoms with Crippen LogP contribution in [-0.4, -0.2) is 12.1 Å². The number of aromatic nitrogens is 1. The third kappa shape index (κ3) is 6.44. The number of nitrogens with one attached hydrogen (secondary N) is 1. The minimum Gasteiger partial charge on any atom is -0.497 e. The molecule has 0 saturated heterocycles. The molecular formula is C26H37NO. The van der Waals surface area contributed by atoms with Crippen LogP contribution in [0.25, 0.3) is 10.9 Å². The summed E-state index contributed by atoms with van der Waals surface area (Å²) in [6.07, 6.45) is 4.96. The van der Waals surface area contributed by atoms with Gasteiger partial charge in [0.15, 0.2) is 0 Å². The third-order valence-electron chi connectivity index (χ3n) is 5.66. The molecule has 0 bridgehead atoms. The van der Waals surface area contributed by atoms with Crippen LogP contribution in [0.3, 0.4) is 0 Å². The molecule has 2 heteroatoms. The van der Waals surface area contributed by atoms with E-state index in [2.05, 4.69) is 76.0 Å². The van der Waals surface area contributed by atoms with Gasteiger partial charge in [0.25, 0.3) is 0 Å². The predicted octanol–water partition coefficient (Wildman–Crippen LogP) is 7.66. The van der Waals surface area contributed by atoms with Gasteiger partial charge < -0.3 is 9.72 Å².